The number of hydrogen-bond acceptors (Lipinski definition) is 3. The van der Waals surface area contributed by atoms with Gasteiger partial charge in [-0.2, -0.15) is 0 Å². The number of Topliss-reactive ketones (excluding diaryl/α,β-unsaturated/α-hetero) is 1. The van der Waals surface area contributed by atoms with E-state index in [1.54, 1.807) is 0 Å². The summed E-state index contributed by atoms with van der Waals surface area (Å²) in [4.78, 5) is 24.9. The third-order valence-electron chi connectivity index (χ3n) is 5.32. The van der Waals surface area contributed by atoms with Gasteiger partial charge in [0, 0.05) is 24.3 Å². The van der Waals surface area contributed by atoms with E-state index in [-0.39, 0.29) is 29.7 Å². The Hall–Kier alpha value is -2.68. The zero-order valence-corrected chi connectivity index (χ0v) is 15.9. The third kappa shape index (κ3) is 4.73. The number of rotatable bonds is 6. The Kier molecular flexibility index (Phi) is 6.23. The van der Waals surface area contributed by atoms with Crippen LogP contribution in [0.1, 0.15) is 47.7 Å². The van der Waals surface area contributed by atoms with Crippen LogP contribution in [-0.2, 0) is 9.53 Å². The molecule has 3 rings (SSSR count). The fourth-order valence-corrected chi connectivity index (χ4v) is 3.99. The first-order valence-corrected chi connectivity index (χ1v) is 9.56. The zero-order valence-electron chi connectivity index (χ0n) is 15.9. The maximum atomic E-state index is 13.2. The van der Waals surface area contributed by atoms with Gasteiger partial charge in [0.25, 0.3) is 0 Å². The smallest absolute Gasteiger partial charge is 0.303 e. The highest BCUT2D eigenvalue weighted by molar-refractivity contribution is 5.99. The second-order valence-corrected chi connectivity index (χ2v) is 7.22. The van der Waals surface area contributed by atoms with Crippen LogP contribution in [0, 0.1) is 18.8 Å². The maximum Gasteiger partial charge on any atom is 0.303 e. The monoisotopic (exact) mass is 362 g/mol. The second kappa shape index (κ2) is 8.81. The summed E-state index contributed by atoms with van der Waals surface area (Å²) >= 11 is 0. The van der Waals surface area contributed by atoms with E-state index in [1.165, 1.54) is 6.92 Å². The number of carbonyl (C=O) groups excluding carboxylic acids is 2. The molecule has 3 nitrogen and oxygen atoms in total. The molecule has 1 unspecified atom stereocenters. The Morgan fingerprint density at radius 3 is 2.44 bits per heavy atom. The van der Waals surface area contributed by atoms with Gasteiger partial charge in [-0.25, -0.2) is 0 Å². The number of ketones is 1. The van der Waals surface area contributed by atoms with Crippen molar-refractivity contribution in [2.75, 3.05) is 0 Å². The predicted octanol–water partition coefficient (Wildman–Crippen LogP) is 5.24. The fraction of sp³-hybridized carbons (Fsp3) is 0.333. The van der Waals surface area contributed by atoms with Gasteiger partial charge in [0.15, 0.2) is 5.78 Å². The Labute approximate surface area is 161 Å². The Morgan fingerprint density at radius 2 is 1.74 bits per heavy atom. The van der Waals surface area contributed by atoms with Crippen LogP contribution in [-0.4, -0.2) is 17.9 Å². The quantitative estimate of drug-likeness (QED) is 0.521. The molecule has 0 spiro atoms. The van der Waals surface area contributed by atoms with E-state index < -0.39 is 0 Å². The minimum Gasteiger partial charge on any atom is -0.458 e. The van der Waals surface area contributed by atoms with Gasteiger partial charge in [-0.05, 0) is 37.0 Å². The molecule has 0 N–H and O–H groups in total. The molecule has 1 fully saturated rings. The van der Waals surface area contributed by atoms with Crippen LogP contribution in [0.4, 0.5) is 0 Å². The first-order valence-electron chi connectivity index (χ1n) is 9.56. The highest BCUT2D eigenvalue weighted by Gasteiger charge is 2.39. The zero-order chi connectivity index (χ0) is 19.2. The van der Waals surface area contributed by atoms with Crippen molar-refractivity contribution in [3.63, 3.8) is 0 Å². The van der Waals surface area contributed by atoms with Gasteiger partial charge < -0.3 is 4.74 Å². The molecule has 0 amide bonds. The lowest BCUT2D eigenvalue weighted by Gasteiger charge is -2.26. The number of esters is 1. The van der Waals surface area contributed by atoms with Crippen LogP contribution in [0.5, 0.6) is 0 Å². The van der Waals surface area contributed by atoms with Crippen molar-refractivity contribution in [1.29, 1.82) is 0 Å². The van der Waals surface area contributed by atoms with Gasteiger partial charge in [-0.3, -0.25) is 9.59 Å². The number of aryl methyl sites for hydroxylation is 1. The molecule has 2 aromatic carbocycles. The topological polar surface area (TPSA) is 43.4 Å². The largest absolute Gasteiger partial charge is 0.458 e. The molecule has 1 aliphatic rings. The minimum absolute atomic E-state index is 0.0148. The molecule has 0 aromatic heterocycles. The molecular formula is C24H26O3. The van der Waals surface area contributed by atoms with E-state index in [0.717, 1.165) is 36.0 Å². The van der Waals surface area contributed by atoms with Crippen LogP contribution in [0.3, 0.4) is 0 Å². The summed E-state index contributed by atoms with van der Waals surface area (Å²) < 4.78 is 5.62. The molecule has 3 heteroatoms. The molecule has 1 aliphatic carbocycles. The second-order valence-electron chi connectivity index (χ2n) is 7.22. The lowest BCUT2D eigenvalue weighted by molar-refractivity contribution is -0.146. The fourth-order valence-electron chi connectivity index (χ4n) is 3.99. The van der Waals surface area contributed by atoms with E-state index in [4.69, 9.17) is 4.74 Å². The molecule has 0 aliphatic heterocycles. The Morgan fingerprint density at radius 1 is 1.04 bits per heavy atom. The van der Waals surface area contributed by atoms with Gasteiger partial charge >= 0.3 is 5.97 Å². The molecule has 27 heavy (non-hydrogen) atoms. The standard InChI is InChI=1S/C24H26O3/c1-17-9-6-7-12-20(17)24(26)22-14-8-13-21(22)23(27-18(2)25)16-15-19-10-4-3-5-11-19/h3-7,9-12,15-16,21-23H,8,13-14H2,1-2H3/b16-15+/t21-,22-,23?/m0/s1. The van der Waals surface area contributed by atoms with Crippen LogP contribution in [0.2, 0.25) is 0 Å². The predicted molar refractivity (Wildman–Crippen MR) is 107 cm³/mol. The van der Waals surface area contributed by atoms with Gasteiger partial charge in [-0.1, -0.05) is 67.1 Å². The Bertz CT molecular complexity index is 823. The Balaban J connectivity index is 1.84. The van der Waals surface area contributed by atoms with E-state index in [9.17, 15) is 9.59 Å². The van der Waals surface area contributed by atoms with E-state index >= 15 is 0 Å². The van der Waals surface area contributed by atoms with Crippen LogP contribution >= 0.6 is 0 Å². The maximum absolute atomic E-state index is 13.2. The lowest BCUT2D eigenvalue weighted by atomic mass is 9.83. The average molecular weight is 362 g/mol. The number of hydrogen-bond donors (Lipinski definition) is 0. The van der Waals surface area contributed by atoms with E-state index in [2.05, 4.69) is 0 Å². The van der Waals surface area contributed by atoms with Gasteiger partial charge in [0.2, 0.25) is 0 Å². The van der Waals surface area contributed by atoms with E-state index in [0.29, 0.717) is 0 Å². The molecule has 0 heterocycles. The van der Waals surface area contributed by atoms with Crippen molar-refractivity contribution in [2.24, 2.45) is 11.8 Å². The molecule has 2 aromatic rings. The number of benzene rings is 2. The number of ether oxygens (including phenoxy) is 1. The van der Waals surface area contributed by atoms with E-state index in [1.807, 2.05) is 73.7 Å². The van der Waals surface area contributed by atoms with Crippen molar-refractivity contribution >= 4 is 17.8 Å². The van der Waals surface area contributed by atoms with Crippen molar-refractivity contribution < 1.29 is 14.3 Å². The minimum atomic E-state index is -0.386. The van der Waals surface area contributed by atoms with Crippen LogP contribution < -0.4 is 0 Å². The summed E-state index contributed by atoms with van der Waals surface area (Å²) in [6, 6.07) is 17.6. The van der Waals surface area contributed by atoms with Gasteiger partial charge in [0.1, 0.15) is 6.10 Å². The lowest BCUT2D eigenvalue weighted by Crippen LogP contribution is -2.31. The third-order valence-corrected chi connectivity index (χ3v) is 5.32. The van der Waals surface area contributed by atoms with Crippen molar-refractivity contribution in [1.82, 2.24) is 0 Å². The SMILES string of the molecule is CC(=O)OC(/C=C/c1ccccc1)[C@H]1CCC[C@@H]1C(=O)c1ccccc1C. The molecule has 0 saturated heterocycles. The molecule has 0 radical (unpaired) electrons. The molecule has 140 valence electrons. The summed E-state index contributed by atoms with van der Waals surface area (Å²) in [6.45, 7) is 3.40. The summed E-state index contributed by atoms with van der Waals surface area (Å²) in [6.07, 6.45) is 6.23. The summed E-state index contributed by atoms with van der Waals surface area (Å²) in [7, 11) is 0. The van der Waals surface area contributed by atoms with Crippen molar-refractivity contribution in [3.05, 3.63) is 77.4 Å². The summed E-state index contributed by atoms with van der Waals surface area (Å²) in [5.74, 6) is -0.246. The van der Waals surface area contributed by atoms with Crippen LogP contribution in [0.15, 0.2) is 60.7 Å². The first kappa shape index (κ1) is 19.1. The molecule has 1 saturated carbocycles. The normalized spacial score (nSPS) is 20.5. The summed E-state index contributed by atoms with van der Waals surface area (Å²) in [5, 5.41) is 0. The number of carbonyl (C=O) groups is 2. The summed E-state index contributed by atoms with van der Waals surface area (Å²) in [5.41, 5.74) is 2.83. The highest BCUT2D eigenvalue weighted by atomic mass is 16.5. The van der Waals surface area contributed by atoms with Gasteiger partial charge in [0.05, 0.1) is 0 Å². The molecular weight excluding hydrogens is 336 g/mol. The first-order chi connectivity index (χ1) is 13.1. The molecule has 0 bridgehead atoms. The van der Waals surface area contributed by atoms with Crippen molar-refractivity contribution in [2.45, 2.75) is 39.2 Å². The molecule has 3 atom stereocenters. The average Bonchev–Trinajstić information content (AvgIpc) is 3.15. The van der Waals surface area contributed by atoms with Crippen LogP contribution in [0.25, 0.3) is 6.08 Å². The van der Waals surface area contributed by atoms with Crippen molar-refractivity contribution in [3.8, 4) is 0 Å². The van der Waals surface area contributed by atoms with Gasteiger partial charge in [-0.15, -0.1) is 0 Å². The highest BCUT2D eigenvalue weighted by Crippen LogP contribution is 2.38.